The molecule has 0 aromatic carbocycles. The molecule has 0 radical (unpaired) electrons. The zero-order valence-corrected chi connectivity index (χ0v) is 43.0. The van der Waals surface area contributed by atoms with Gasteiger partial charge in [-0.1, -0.05) is 236 Å². The molecule has 0 saturated carbocycles. The molecular formula is C59H104O6. The molecule has 376 valence electrons. The van der Waals surface area contributed by atoms with E-state index in [2.05, 4.69) is 81.5 Å². The second-order valence-corrected chi connectivity index (χ2v) is 18.5. The fourth-order valence-electron chi connectivity index (χ4n) is 7.78. The highest BCUT2D eigenvalue weighted by Gasteiger charge is 2.19. The second-order valence-electron chi connectivity index (χ2n) is 18.5. The van der Waals surface area contributed by atoms with Crippen molar-refractivity contribution in [2.45, 2.75) is 284 Å². The van der Waals surface area contributed by atoms with Crippen LogP contribution in [0.4, 0.5) is 0 Å². The Hall–Kier alpha value is -2.89. The lowest BCUT2D eigenvalue weighted by atomic mass is 10.0. The van der Waals surface area contributed by atoms with Gasteiger partial charge < -0.3 is 14.2 Å². The molecule has 0 fully saturated rings. The van der Waals surface area contributed by atoms with Gasteiger partial charge in [-0.3, -0.25) is 14.4 Å². The van der Waals surface area contributed by atoms with Crippen LogP contribution in [0.3, 0.4) is 0 Å². The predicted octanol–water partition coefficient (Wildman–Crippen LogP) is 18.4. The van der Waals surface area contributed by atoms with Gasteiger partial charge in [-0.25, -0.2) is 0 Å². The molecule has 0 N–H and O–H groups in total. The summed E-state index contributed by atoms with van der Waals surface area (Å²) in [6, 6.07) is 0. The van der Waals surface area contributed by atoms with Crippen molar-refractivity contribution < 1.29 is 28.6 Å². The molecule has 0 spiro atoms. The summed E-state index contributed by atoms with van der Waals surface area (Å²) in [6.45, 7) is 6.57. The Labute approximate surface area is 402 Å². The van der Waals surface area contributed by atoms with Gasteiger partial charge in [0.05, 0.1) is 0 Å². The Morgan fingerprint density at radius 2 is 0.569 bits per heavy atom. The van der Waals surface area contributed by atoms with E-state index in [0.717, 1.165) is 64.2 Å². The number of rotatable bonds is 50. The van der Waals surface area contributed by atoms with Crippen molar-refractivity contribution in [3.63, 3.8) is 0 Å². The molecule has 65 heavy (non-hydrogen) atoms. The van der Waals surface area contributed by atoms with Crippen LogP contribution in [0.5, 0.6) is 0 Å². The number of esters is 3. The van der Waals surface area contributed by atoms with Crippen LogP contribution in [-0.2, 0) is 28.6 Å². The first-order chi connectivity index (χ1) is 32.0. The summed E-state index contributed by atoms with van der Waals surface area (Å²) in [4.78, 5) is 38.1. The first-order valence-corrected chi connectivity index (χ1v) is 27.8. The Bertz CT molecular complexity index is 1180. The van der Waals surface area contributed by atoms with Crippen molar-refractivity contribution >= 4 is 17.9 Å². The quantitative estimate of drug-likeness (QED) is 0.0262. The number of hydrogen-bond donors (Lipinski definition) is 0. The molecular weight excluding hydrogens is 805 g/mol. The fraction of sp³-hybridized carbons (Fsp3) is 0.780. The van der Waals surface area contributed by atoms with Crippen molar-refractivity contribution in [2.24, 2.45) is 0 Å². The van der Waals surface area contributed by atoms with E-state index in [4.69, 9.17) is 14.2 Å². The van der Waals surface area contributed by atoms with Crippen LogP contribution in [0.25, 0.3) is 0 Å². The van der Waals surface area contributed by atoms with E-state index in [0.29, 0.717) is 19.3 Å². The third kappa shape index (κ3) is 51.9. The number of hydrogen-bond acceptors (Lipinski definition) is 6. The van der Waals surface area contributed by atoms with Crippen LogP contribution in [0.15, 0.2) is 60.8 Å². The Kier molecular flexibility index (Phi) is 51.3. The van der Waals surface area contributed by atoms with Crippen LogP contribution in [-0.4, -0.2) is 37.2 Å². The van der Waals surface area contributed by atoms with E-state index in [-0.39, 0.29) is 37.5 Å². The lowest BCUT2D eigenvalue weighted by Gasteiger charge is -2.18. The predicted molar refractivity (Wildman–Crippen MR) is 279 cm³/mol. The van der Waals surface area contributed by atoms with Crippen molar-refractivity contribution in [3.8, 4) is 0 Å². The molecule has 0 aliphatic heterocycles. The highest BCUT2D eigenvalue weighted by molar-refractivity contribution is 5.71. The number of unbranched alkanes of at least 4 members (excludes halogenated alkanes) is 29. The normalized spacial score (nSPS) is 12.5. The number of carbonyl (C=O) groups excluding carboxylic acids is 3. The first kappa shape index (κ1) is 62.1. The number of carbonyl (C=O) groups is 3. The average molecular weight is 909 g/mol. The number of allylic oxidation sites excluding steroid dienone is 10. The van der Waals surface area contributed by atoms with Crippen molar-refractivity contribution in [1.29, 1.82) is 0 Å². The van der Waals surface area contributed by atoms with Gasteiger partial charge in [0, 0.05) is 19.3 Å². The zero-order chi connectivity index (χ0) is 47.2. The van der Waals surface area contributed by atoms with E-state index in [1.165, 1.54) is 167 Å². The zero-order valence-electron chi connectivity index (χ0n) is 43.0. The molecule has 6 heteroatoms. The Morgan fingerprint density at radius 1 is 0.308 bits per heavy atom. The molecule has 0 rings (SSSR count). The summed E-state index contributed by atoms with van der Waals surface area (Å²) in [6.07, 6.45) is 66.4. The molecule has 0 aromatic heterocycles. The molecule has 0 heterocycles. The van der Waals surface area contributed by atoms with Gasteiger partial charge >= 0.3 is 17.9 Å². The molecule has 0 aliphatic rings. The van der Waals surface area contributed by atoms with Crippen molar-refractivity contribution in [1.82, 2.24) is 0 Å². The van der Waals surface area contributed by atoms with Gasteiger partial charge in [0.25, 0.3) is 0 Å². The Balaban J connectivity index is 4.45. The van der Waals surface area contributed by atoms with Crippen LogP contribution in [0.2, 0.25) is 0 Å². The molecule has 0 aliphatic carbocycles. The minimum atomic E-state index is -0.796. The third-order valence-corrected chi connectivity index (χ3v) is 12.0. The van der Waals surface area contributed by atoms with Gasteiger partial charge in [0.2, 0.25) is 0 Å². The van der Waals surface area contributed by atoms with Gasteiger partial charge in [0.15, 0.2) is 6.10 Å². The largest absolute Gasteiger partial charge is 0.462 e. The lowest BCUT2D eigenvalue weighted by Crippen LogP contribution is -2.30. The summed E-state index contributed by atoms with van der Waals surface area (Å²) in [5.74, 6) is -0.944. The standard InChI is InChI=1S/C59H104O6/c1-4-7-10-13-16-19-22-25-27-29-31-34-37-40-43-46-49-52-58(61)64-55-56(54-63-57(60)51-48-45-42-39-36-33-24-21-18-15-12-9-6-3)65-59(62)53-50-47-44-41-38-35-32-30-28-26-23-20-17-14-11-8-5-2/h16,19,25-28,31,34,40,43,56H,4-15,17-18,20-24,29-30,32-33,35-39,41-42,44-55H2,1-3H3. The van der Waals surface area contributed by atoms with Crippen LogP contribution in [0.1, 0.15) is 278 Å². The molecule has 0 aromatic rings. The van der Waals surface area contributed by atoms with Crippen molar-refractivity contribution in [3.05, 3.63) is 60.8 Å². The van der Waals surface area contributed by atoms with Crippen LogP contribution < -0.4 is 0 Å². The number of ether oxygens (including phenoxy) is 3. The van der Waals surface area contributed by atoms with Crippen molar-refractivity contribution in [2.75, 3.05) is 13.2 Å². The summed E-state index contributed by atoms with van der Waals surface area (Å²) < 4.78 is 16.8. The van der Waals surface area contributed by atoms with E-state index in [1.54, 1.807) is 0 Å². The Morgan fingerprint density at radius 3 is 0.969 bits per heavy atom. The minimum absolute atomic E-state index is 0.0905. The smallest absolute Gasteiger partial charge is 0.306 e. The third-order valence-electron chi connectivity index (χ3n) is 12.0. The van der Waals surface area contributed by atoms with Gasteiger partial charge in [0.1, 0.15) is 13.2 Å². The molecule has 6 nitrogen and oxygen atoms in total. The highest BCUT2D eigenvalue weighted by atomic mass is 16.6. The molecule has 0 bridgehead atoms. The van der Waals surface area contributed by atoms with Gasteiger partial charge in [-0.2, -0.15) is 0 Å². The minimum Gasteiger partial charge on any atom is -0.462 e. The maximum Gasteiger partial charge on any atom is 0.306 e. The average Bonchev–Trinajstić information content (AvgIpc) is 3.30. The molecule has 0 saturated heterocycles. The SMILES string of the molecule is CCCCCC=CCC=CCC=CCC=CCCCC(=O)OCC(COC(=O)CCCCCCCCCCCCCCC)OC(=O)CCCCCCCCCC=CCCCCCCCC. The first-order valence-electron chi connectivity index (χ1n) is 27.8. The van der Waals surface area contributed by atoms with Crippen LogP contribution >= 0.6 is 0 Å². The van der Waals surface area contributed by atoms with Gasteiger partial charge in [-0.05, 0) is 83.5 Å². The molecule has 1 unspecified atom stereocenters. The topological polar surface area (TPSA) is 78.9 Å². The van der Waals surface area contributed by atoms with E-state index in [1.807, 2.05) is 0 Å². The fourth-order valence-corrected chi connectivity index (χ4v) is 7.78. The summed E-state index contributed by atoms with van der Waals surface area (Å²) in [5, 5.41) is 0. The highest BCUT2D eigenvalue weighted by Crippen LogP contribution is 2.15. The molecule has 0 amide bonds. The maximum absolute atomic E-state index is 12.8. The maximum atomic E-state index is 12.8. The van der Waals surface area contributed by atoms with E-state index in [9.17, 15) is 14.4 Å². The van der Waals surface area contributed by atoms with Gasteiger partial charge in [-0.15, -0.1) is 0 Å². The summed E-state index contributed by atoms with van der Waals surface area (Å²) in [7, 11) is 0. The summed E-state index contributed by atoms with van der Waals surface area (Å²) >= 11 is 0. The monoisotopic (exact) mass is 909 g/mol. The van der Waals surface area contributed by atoms with E-state index < -0.39 is 6.10 Å². The lowest BCUT2D eigenvalue weighted by molar-refractivity contribution is -0.167. The van der Waals surface area contributed by atoms with Crippen LogP contribution in [0, 0.1) is 0 Å². The second kappa shape index (κ2) is 53.7. The molecule has 1 atom stereocenters. The summed E-state index contributed by atoms with van der Waals surface area (Å²) in [5.41, 5.74) is 0. The van der Waals surface area contributed by atoms with E-state index >= 15 is 0 Å².